The van der Waals surface area contributed by atoms with Gasteiger partial charge in [0.15, 0.2) is 10.9 Å². The van der Waals surface area contributed by atoms with Crippen molar-refractivity contribution >= 4 is 22.4 Å². The Bertz CT molecular complexity index is 938. The van der Waals surface area contributed by atoms with Crippen LogP contribution in [0.4, 0.5) is 5.13 Å². The topological polar surface area (TPSA) is 94.1 Å². The molecule has 0 saturated carbocycles. The van der Waals surface area contributed by atoms with Crippen molar-refractivity contribution in [3.8, 4) is 22.1 Å². The SMILES string of the molecule is Cc1cnc(C(=O)Nc2nc(-c3ccco3)c(-c3ccco3)s2)cn1. The van der Waals surface area contributed by atoms with E-state index < -0.39 is 0 Å². The minimum atomic E-state index is -0.377. The maximum atomic E-state index is 12.3. The van der Waals surface area contributed by atoms with Crippen molar-refractivity contribution in [3.63, 3.8) is 0 Å². The van der Waals surface area contributed by atoms with Crippen LogP contribution < -0.4 is 5.32 Å². The van der Waals surface area contributed by atoms with Gasteiger partial charge in [0, 0.05) is 6.20 Å². The number of hydrogen-bond acceptors (Lipinski definition) is 7. The highest BCUT2D eigenvalue weighted by molar-refractivity contribution is 7.19. The van der Waals surface area contributed by atoms with Crippen LogP contribution in [-0.4, -0.2) is 20.9 Å². The maximum Gasteiger partial charge on any atom is 0.277 e. The third-order valence-electron chi connectivity index (χ3n) is 3.36. The van der Waals surface area contributed by atoms with Crippen LogP contribution in [0.5, 0.6) is 0 Å². The molecule has 25 heavy (non-hydrogen) atoms. The first-order chi connectivity index (χ1) is 12.2. The molecule has 0 spiro atoms. The highest BCUT2D eigenvalue weighted by Crippen LogP contribution is 2.39. The summed E-state index contributed by atoms with van der Waals surface area (Å²) >= 11 is 1.30. The number of carbonyl (C=O) groups is 1. The molecule has 0 fully saturated rings. The predicted molar refractivity (Wildman–Crippen MR) is 92.2 cm³/mol. The lowest BCUT2D eigenvalue weighted by Gasteiger charge is -2.00. The van der Waals surface area contributed by atoms with E-state index in [2.05, 4.69) is 20.3 Å². The number of aromatic nitrogens is 3. The summed E-state index contributed by atoms with van der Waals surface area (Å²) in [5, 5.41) is 3.17. The van der Waals surface area contributed by atoms with Crippen molar-refractivity contribution in [2.24, 2.45) is 0 Å². The Morgan fingerprint density at radius 1 is 1.08 bits per heavy atom. The lowest BCUT2D eigenvalue weighted by atomic mass is 10.2. The second kappa shape index (κ2) is 6.33. The fourth-order valence-electron chi connectivity index (χ4n) is 2.20. The first-order valence-corrected chi connectivity index (χ1v) is 8.21. The minimum absolute atomic E-state index is 0.222. The zero-order chi connectivity index (χ0) is 17.2. The molecule has 0 aliphatic heterocycles. The summed E-state index contributed by atoms with van der Waals surface area (Å²) in [5.74, 6) is 0.871. The normalized spacial score (nSPS) is 10.8. The van der Waals surface area contributed by atoms with Crippen LogP contribution in [0.15, 0.2) is 58.0 Å². The summed E-state index contributed by atoms with van der Waals surface area (Å²) in [7, 11) is 0. The summed E-state index contributed by atoms with van der Waals surface area (Å²) in [6.07, 6.45) is 6.13. The quantitative estimate of drug-likeness (QED) is 0.596. The Hall–Kier alpha value is -3.26. The van der Waals surface area contributed by atoms with Gasteiger partial charge in [-0.25, -0.2) is 9.97 Å². The molecule has 1 N–H and O–H groups in total. The minimum Gasteiger partial charge on any atom is -0.463 e. The molecular formula is C17H12N4O3S. The Morgan fingerprint density at radius 2 is 1.84 bits per heavy atom. The van der Waals surface area contributed by atoms with E-state index in [0.717, 1.165) is 10.6 Å². The number of aryl methyl sites for hydroxylation is 1. The van der Waals surface area contributed by atoms with Crippen molar-refractivity contribution in [1.29, 1.82) is 0 Å². The standard InChI is InChI=1S/C17H12N4O3S/c1-10-8-19-11(9-18-10)16(22)21-17-20-14(12-4-2-6-23-12)15(25-17)13-5-3-7-24-13/h2-9H,1H3,(H,20,21,22). The smallest absolute Gasteiger partial charge is 0.277 e. The molecule has 0 unspecified atom stereocenters. The average molecular weight is 352 g/mol. The summed E-state index contributed by atoms with van der Waals surface area (Å²) in [5.41, 5.74) is 1.57. The molecule has 0 aliphatic carbocycles. The van der Waals surface area contributed by atoms with Crippen LogP contribution in [-0.2, 0) is 0 Å². The van der Waals surface area contributed by atoms with Crippen molar-refractivity contribution < 1.29 is 13.6 Å². The van der Waals surface area contributed by atoms with Crippen LogP contribution in [0.1, 0.15) is 16.2 Å². The Balaban J connectivity index is 1.68. The molecule has 4 rings (SSSR count). The first kappa shape index (κ1) is 15.3. The van der Waals surface area contributed by atoms with Crippen LogP contribution in [0.25, 0.3) is 22.1 Å². The van der Waals surface area contributed by atoms with Gasteiger partial charge >= 0.3 is 0 Å². The number of anilines is 1. The third-order valence-corrected chi connectivity index (χ3v) is 4.35. The number of carbonyl (C=O) groups excluding carboxylic acids is 1. The van der Waals surface area contributed by atoms with Gasteiger partial charge in [0.2, 0.25) is 0 Å². The summed E-state index contributed by atoms with van der Waals surface area (Å²) in [6, 6.07) is 7.21. The van der Waals surface area contributed by atoms with Crippen molar-refractivity contribution in [2.45, 2.75) is 6.92 Å². The molecule has 1 amide bonds. The van der Waals surface area contributed by atoms with Crippen LogP contribution in [0.3, 0.4) is 0 Å². The molecule has 8 heteroatoms. The van der Waals surface area contributed by atoms with Gasteiger partial charge in [-0.1, -0.05) is 11.3 Å². The van der Waals surface area contributed by atoms with E-state index in [4.69, 9.17) is 8.83 Å². The molecule has 0 aromatic carbocycles. The van der Waals surface area contributed by atoms with E-state index in [-0.39, 0.29) is 11.6 Å². The Labute approximate surface area is 146 Å². The average Bonchev–Trinajstić information content (AvgIpc) is 3.36. The van der Waals surface area contributed by atoms with Crippen LogP contribution >= 0.6 is 11.3 Å². The molecule has 0 saturated heterocycles. The largest absolute Gasteiger partial charge is 0.463 e. The van der Waals surface area contributed by atoms with Gasteiger partial charge in [0.1, 0.15) is 22.0 Å². The fourth-order valence-corrected chi connectivity index (χ4v) is 3.13. The van der Waals surface area contributed by atoms with Gasteiger partial charge in [0.05, 0.1) is 24.4 Å². The number of hydrogen-bond donors (Lipinski definition) is 1. The van der Waals surface area contributed by atoms with Crippen molar-refractivity contribution in [3.05, 3.63) is 60.6 Å². The number of nitrogens with one attached hydrogen (secondary N) is 1. The highest BCUT2D eigenvalue weighted by atomic mass is 32.1. The number of nitrogens with zero attached hydrogens (tertiary/aromatic N) is 3. The molecule has 4 aromatic rings. The van der Waals surface area contributed by atoms with Gasteiger partial charge in [0.25, 0.3) is 5.91 Å². The molecule has 0 aliphatic rings. The number of amides is 1. The van der Waals surface area contributed by atoms with Gasteiger partial charge in [-0.15, -0.1) is 0 Å². The lowest BCUT2D eigenvalue weighted by Crippen LogP contribution is -2.13. The molecule has 4 aromatic heterocycles. The van der Waals surface area contributed by atoms with E-state index >= 15 is 0 Å². The van der Waals surface area contributed by atoms with Gasteiger partial charge in [-0.05, 0) is 31.2 Å². The molecule has 124 valence electrons. The van der Waals surface area contributed by atoms with Gasteiger partial charge in [-0.2, -0.15) is 0 Å². The monoisotopic (exact) mass is 352 g/mol. The maximum absolute atomic E-state index is 12.3. The summed E-state index contributed by atoms with van der Waals surface area (Å²) in [6.45, 7) is 1.81. The van der Waals surface area contributed by atoms with Gasteiger partial charge in [-0.3, -0.25) is 15.1 Å². The Morgan fingerprint density at radius 3 is 2.48 bits per heavy atom. The van der Waals surface area contributed by atoms with E-state index in [1.165, 1.54) is 17.5 Å². The number of furan rings is 2. The van der Waals surface area contributed by atoms with Crippen LogP contribution in [0.2, 0.25) is 0 Å². The number of rotatable bonds is 4. The van der Waals surface area contributed by atoms with Crippen LogP contribution in [0, 0.1) is 6.92 Å². The van der Waals surface area contributed by atoms with Crippen molar-refractivity contribution in [1.82, 2.24) is 15.0 Å². The van der Waals surface area contributed by atoms with Gasteiger partial charge < -0.3 is 8.83 Å². The summed E-state index contributed by atoms with van der Waals surface area (Å²) in [4.78, 5) is 25.7. The van der Waals surface area contributed by atoms with E-state index in [0.29, 0.717) is 22.3 Å². The highest BCUT2D eigenvalue weighted by Gasteiger charge is 2.20. The third kappa shape index (κ3) is 3.07. The molecule has 7 nitrogen and oxygen atoms in total. The first-order valence-electron chi connectivity index (χ1n) is 7.39. The molecule has 4 heterocycles. The lowest BCUT2D eigenvalue weighted by molar-refractivity contribution is 0.102. The second-order valence-electron chi connectivity index (χ2n) is 5.15. The van der Waals surface area contributed by atoms with E-state index in [1.54, 1.807) is 43.8 Å². The van der Waals surface area contributed by atoms with E-state index in [1.807, 2.05) is 6.07 Å². The molecular weight excluding hydrogens is 340 g/mol. The predicted octanol–water partition coefficient (Wildman–Crippen LogP) is 4.01. The molecule has 0 bridgehead atoms. The molecule has 0 atom stereocenters. The second-order valence-corrected chi connectivity index (χ2v) is 6.15. The Kier molecular flexibility index (Phi) is 3.87. The fraction of sp³-hybridized carbons (Fsp3) is 0.0588. The van der Waals surface area contributed by atoms with E-state index in [9.17, 15) is 4.79 Å². The molecule has 0 radical (unpaired) electrons. The zero-order valence-electron chi connectivity index (χ0n) is 13.1. The van der Waals surface area contributed by atoms with Crippen molar-refractivity contribution in [2.75, 3.05) is 5.32 Å². The zero-order valence-corrected chi connectivity index (χ0v) is 13.9. The summed E-state index contributed by atoms with van der Waals surface area (Å²) < 4.78 is 10.9. The number of thiazole rings is 1.